The number of para-hydroxylation sites is 1. The second-order valence-corrected chi connectivity index (χ2v) is 4.43. The molecule has 3 rings (SSSR count). The number of benzene rings is 1. The summed E-state index contributed by atoms with van der Waals surface area (Å²) in [6.07, 6.45) is 2.58. The second-order valence-electron chi connectivity index (χ2n) is 4.43. The summed E-state index contributed by atoms with van der Waals surface area (Å²) in [6, 6.07) is 10.5. The number of methoxy groups -OCH3 is 1. The minimum absolute atomic E-state index is 0.669. The van der Waals surface area contributed by atoms with Crippen LogP contribution in [0.1, 0.15) is 30.0 Å². The molecule has 1 aromatic heterocycles. The molecule has 0 aliphatic heterocycles. The van der Waals surface area contributed by atoms with Gasteiger partial charge in [0.1, 0.15) is 0 Å². The molecule has 1 fully saturated rings. The van der Waals surface area contributed by atoms with Crippen LogP contribution in [0.3, 0.4) is 0 Å². The van der Waals surface area contributed by atoms with Crippen molar-refractivity contribution in [1.29, 1.82) is 0 Å². The summed E-state index contributed by atoms with van der Waals surface area (Å²) in [5.41, 5.74) is 3.60. The van der Waals surface area contributed by atoms with E-state index in [0.717, 1.165) is 5.52 Å². The maximum Gasteiger partial charge on any atom is 0.0720 e. The molecule has 2 aromatic rings. The Labute approximate surface area is 95.3 Å². The first-order valence-corrected chi connectivity index (χ1v) is 5.76. The van der Waals surface area contributed by atoms with E-state index in [4.69, 9.17) is 9.72 Å². The molecule has 82 valence electrons. The van der Waals surface area contributed by atoms with Crippen LogP contribution in [-0.4, -0.2) is 12.1 Å². The van der Waals surface area contributed by atoms with Gasteiger partial charge in [0.2, 0.25) is 0 Å². The number of hydrogen-bond donors (Lipinski definition) is 0. The summed E-state index contributed by atoms with van der Waals surface area (Å²) in [5.74, 6) is 0.695. The van der Waals surface area contributed by atoms with Crippen molar-refractivity contribution >= 4 is 10.9 Å². The molecule has 0 unspecified atom stereocenters. The first kappa shape index (κ1) is 9.79. The normalized spacial score (nSPS) is 15.6. The molecule has 1 saturated carbocycles. The minimum Gasteiger partial charge on any atom is -0.380 e. The van der Waals surface area contributed by atoms with Crippen LogP contribution in [0.15, 0.2) is 30.3 Å². The Balaban J connectivity index is 2.18. The molecular weight excluding hydrogens is 198 g/mol. The molecule has 1 heterocycles. The molecule has 0 saturated heterocycles. The zero-order chi connectivity index (χ0) is 11.0. The van der Waals surface area contributed by atoms with Crippen molar-refractivity contribution < 1.29 is 4.74 Å². The fourth-order valence-electron chi connectivity index (χ4n) is 2.13. The van der Waals surface area contributed by atoms with Crippen LogP contribution in [0.4, 0.5) is 0 Å². The van der Waals surface area contributed by atoms with Crippen molar-refractivity contribution in [3.63, 3.8) is 0 Å². The molecule has 2 nitrogen and oxygen atoms in total. The topological polar surface area (TPSA) is 22.1 Å². The number of aromatic nitrogens is 1. The average Bonchev–Trinajstić information content (AvgIpc) is 3.13. The highest BCUT2D eigenvalue weighted by Crippen LogP contribution is 2.40. The highest BCUT2D eigenvalue weighted by molar-refractivity contribution is 5.82. The highest BCUT2D eigenvalue weighted by atomic mass is 16.5. The third-order valence-corrected chi connectivity index (χ3v) is 3.12. The van der Waals surface area contributed by atoms with Crippen molar-refractivity contribution in [3.05, 3.63) is 41.6 Å². The first-order valence-electron chi connectivity index (χ1n) is 5.76. The second kappa shape index (κ2) is 3.87. The quantitative estimate of drug-likeness (QED) is 0.780. The third kappa shape index (κ3) is 1.69. The van der Waals surface area contributed by atoms with E-state index in [2.05, 4.69) is 24.3 Å². The van der Waals surface area contributed by atoms with Crippen LogP contribution in [0.2, 0.25) is 0 Å². The van der Waals surface area contributed by atoms with Gasteiger partial charge in [-0.15, -0.1) is 0 Å². The monoisotopic (exact) mass is 213 g/mol. The lowest BCUT2D eigenvalue weighted by Gasteiger charge is -2.08. The van der Waals surface area contributed by atoms with Gasteiger partial charge in [-0.25, -0.2) is 0 Å². The maximum atomic E-state index is 5.26. The molecule has 1 aromatic carbocycles. The van der Waals surface area contributed by atoms with E-state index in [9.17, 15) is 0 Å². The summed E-state index contributed by atoms with van der Waals surface area (Å²) < 4.78 is 5.26. The zero-order valence-electron chi connectivity index (χ0n) is 9.44. The lowest BCUT2D eigenvalue weighted by atomic mass is 10.1. The predicted molar refractivity (Wildman–Crippen MR) is 64.4 cm³/mol. The smallest absolute Gasteiger partial charge is 0.0720 e. The van der Waals surface area contributed by atoms with E-state index in [-0.39, 0.29) is 0 Å². The van der Waals surface area contributed by atoms with E-state index in [1.807, 2.05) is 6.07 Å². The number of hydrogen-bond acceptors (Lipinski definition) is 2. The molecular formula is C14H15NO. The molecule has 0 amide bonds. The van der Waals surface area contributed by atoms with Gasteiger partial charge < -0.3 is 4.74 Å². The number of nitrogens with zero attached hydrogens (tertiary/aromatic N) is 1. The Morgan fingerprint density at radius 2 is 2.12 bits per heavy atom. The molecule has 0 radical (unpaired) electrons. The van der Waals surface area contributed by atoms with Gasteiger partial charge in [-0.2, -0.15) is 0 Å². The van der Waals surface area contributed by atoms with Crippen LogP contribution in [-0.2, 0) is 11.3 Å². The lowest BCUT2D eigenvalue weighted by Crippen LogP contribution is -1.95. The van der Waals surface area contributed by atoms with Gasteiger partial charge >= 0.3 is 0 Å². The van der Waals surface area contributed by atoms with Crippen LogP contribution < -0.4 is 0 Å². The lowest BCUT2D eigenvalue weighted by molar-refractivity contribution is 0.186. The number of pyridine rings is 1. The van der Waals surface area contributed by atoms with E-state index in [1.54, 1.807) is 7.11 Å². The molecule has 16 heavy (non-hydrogen) atoms. The van der Waals surface area contributed by atoms with Gasteiger partial charge in [0.15, 0.2) is 0 Å². The van der Waals surface area contributed by atoms with E-state index in [0.29, 0.717) is 12.5 Å². The molecule has 1 aliphatic rings. The number of fused-ring (bicyclic) bond motifs is 1. The predicted octanol–water partition coefficient (Wildman–Crippen LogP) is 3.26. The summed E-state index contributed by atoms with van der Waals surface area (Å²) in [6.45, 7) is 0.669. The molecule has 1 aliphatic carbocycles. The molecule has 2 heteroatoms. The average molecular weight is 213 g/mol. The van der Waals surface area contributed by atoms with Crippen LogP contribution >= 0.6 is 0 Å². The number of rotatable bonds is 3. The Bertz CT molecular complexity index is 517. The van der Waals surface area contributed by atoms with E-state index >= 15 is 0 Å². The zero-order valence-corrected chi connectivity index (χ0v) is 9.44. The molecule has 0 atom stereocenters. The summed E-state index contributed by atoms with van der Waals surface area (Å²) in [5, 5.41) is 1.22. The molecule has 0 N–H and O–H groups in total. The minimum atomic E-state index is 0.669. The van der Waals surface area contributed by atoms with Crippen molar-refractivity contribution in [2.24, 2.45) is 0 Å². The highest BCUT2D eigenvalue weighted by Gasteiger charge is 2.25. The Morgan fingerprint density at radius 3 is 2.88 bits per heavy atom. The first-order chi connectivity index (χ1) is 7.88. The fraction of sp³-hybridized carbons (Fsp3) is 0.357. The summed E-state index contributed by atoms with van der Waals surface area (Å²) in [7, 11) is 1.74. The van der Waals surface area contributed by atoms with E-state index in [1.165, 1.54) is 29.5 Å². The van der Waals surface area contributed by atoms with Gasteiger partial charge in [0.25, 0.3) is 0 Å². The van der Waals surface area contributed by atoms with Crippen molar-refractivity contribution in [2.75, 3.05) is 7.11 Å². The Kier molecular flexibility index (Phi) is 2.37. The van der Waals surface area contributed by atoms with Crippen molar-refractivity contribution in [2.45, 2.75) is 25.4 Å². The Morgan fingerprint density at radius 1 is 1.31 bits per heavy atom. The van der Waals surface area contributed by atoms with Gasteiger partial charge in [0.05, 0.1) is 12.1 Å². The van der Waals surface area contributed by atoms with Crippen molar-refractivity contribution in [3.8, 4) is 0 Å². The van der Waals surface area contributed by atoms with Gasteiger partial charge in [-0.3, -0.25) is 4.98 Å². The van der Waals surface area contributed by atoms with Crippen LogP contribution in [0, 0.1) is 0 Å². The molecule has 0 spiro atoms. The van der Waals surface area contributed by atoms with Gasteiger partial charge in [-0.05, 0) is 30.5 Å². The SMILES string of the molecule is COCc1cc(C2CC2)nc2ccccc12. The third-order valence-electron chi connectivity index (χ3n) is 3.12. The van der Waals surface area contributed by atoms with Crippen LogP contribution in [0.5, 0.6) is 0 Å². The standard InChI is InChI=1S/C14H15NO/c1-16-9-11-8-14(10-6-7-10)15-13-5-3-2-4-12(11)13/h2-5,8,10H,6-7,9H2,1H3. The molecule has 0 bridgehead atoms. The fourth-order valence-corrected chi connectivity index (χ4v) is 2.13. The van der Waals surface area contributed by atoms with E-state index < -0.39 is 0 Å². The largest absolute Gasteiger partial charge is 0.380 e. The van der Waals surface area contributed by atoms with Crippen molar-refractivity contribution in [1.82, 2.24) is 4.98 Å². The maximum absolute atomic E-state index is 5.26. The summed E-state index contributed by atoms with van der Waals surface area (Å²) >= 11 is 0. The number of ether oxygens (including phenoxy) is 1. The van der Waals surface area contributed by atoms with Gasteiger partial charge in [0, 0.05) is 24.1 Å². The van der Waals surface area contributed by atoms with Crippen LogP contribution in [0.25, 0.3) is 10.9 Å². The Hall–Kier alpha value is -1.41. The van der Waals surface area contributed by atoms with Gasteiger partial charge in [-0.1, -0.05) is 18.2 Å². The summed E-state index contributed by atoms with van der Waals surface area (Å²) in [4.78, 5) is 4.72.